The lowest BCUT2D eigenvalue weighted by atomic mass is 9.94. The van der Waals surface area contributed by atoms with Crippen molar-refractivity contribution in [2.24, 2.45) is 0 Å². The molecule has 1 unspecified atom stereocenters. The molecule has 1 atom stereocenters. The molecule has 1 aromatic heterocycles. The minimum Gasteiger partial charge on any atom is -0.482 e. The first-order chi connectivity index (χ1) is 14.0. The largest absolute Gasteiger partial charge is 0.482 e. The molecule has 1 amide bonds. The van der Waals surface area contributed by atoms with Crippen molar-refractivity contribution in [1.82, 2.24) is 4.98 Å². The van der Waals surface area contributed by atoms with E-state index in [4.69, 9.17) is 21.1 Å². The third-order valence-electron chi connectivity index (χ3n) is 4.94. The average Bonchev–Trinajstić information content (AvgIpc) is 3.24. The minimum absolute atomic E-state index is 0.0943. The van der Waals surface area contributed by atoms with Crippen LogP contribution in [0.15, 0.2) is 29.8 Å². The van der Waals surface area contributed by atoms with E-state index in [2.05, 4.69) is 4.98 Å². The van der Waals surface area contributed by atoms with Crippen molar-refractivity contribution in [3.63, 3.8) is 0 Å². The molecule has 1 fully saturated rings. The monoisotopic (exact) mass is 436 g/mol. The van der Waals surface area contributed by atoms with Crippen LogP contribution in [-0.2, 0) is 14.3 Å². The highest BCUT2D eigenvalue weighted by molar-refractivity contribution is 7.13. The Balaban J connectivity index is 1.59. The van der Waals surface area contributed by atoms with Gasteiger partial charge in [-0.25, -0.2) is 9.78 Å². The number of hydrogen-bond donors (Lipinski definition) is 0. The summed E-state index contributed by atoms with van der Waals surface area (Å²) in [7, 11) is 0. The molecule has 3 rings (SSSR count). The fourth-order valence-electron chi connectivity index (χ4n) is 3.43. The second-order valence-corrected chi connectivity index (χ2v) is 8.43. The van der Waals surface area contributed by atoms with Gasteiger partial charge in [-0.05, 0) is 50.5 Å². The van der Waals surface area contributed by atoms with Crippen LogP contribution in [0.1, 0.15) is 44.6 Å². The fourth-order valence-corrected chi connectivity index (χ4v) is 4.27. The maximum absolute atomic E-state index is 13.1. The van der Waals surface area contributed by atoms with E-state index in [1.54, 1.807) is 36.2 Å². The number of thiazole rings is 1. The Bertz CT molecular complexity index is 837. The van der Waals surface area contributed by atoms with Crippen molar-refractivity contribution in [3.8, 4) is 5.75 Å². The molecular weight excluding hydrogens is 412 g/mol. The van der Waals surface area contributed by atoms with E-state index in [0.29, 0.717) is 15.9 Å². The highest BCUT2D eigenvalue weighted by atomic mass is 35.5. The molecule has 1 aliphatic rings. The van der Waals surface area contributed by atoms with Crippen LogP contribution in [-0.4, -0.2) is 35.6 Å². The molecule has 29 heavy (non-hydrogen) atoms. The van der Waals surface area contributed by atoms with Crippen LogP contribution >= 0.6 is 22.9 Å². The molecule has 1 aliphatic carbocycles. The molecule has 156 valence electrons. The zero-order valence-electron chi connectivity index (χ0n) is 16.6. The van der Waals surface area contributed by atoms with E-state index in [0.717, 1.165) is 31.2 Å². The second kappa shape index (κ2) is 10.1. The standard InChI is InChI=1S/C21H25ClN2O4S/c1-14-12-17(8-9-18(14)22)27-13-19(25)28-15(2)20(26)24(21-23-10-11-29-21)16-6-4-3-5-7-16/h8-12,15-16H,3-7,13H2,1-2H3. The third-order valence-corrected chi connectivity index (χ3v) is 6.14. The summed E-state index contributed by atoms with van der Waals surface area (Å²) in [5.41, 5.74) is 0.854. The number of carbonyl (C=O) groups is 2. The number of carbonyl (C=O) groups excluding carboxylic acids is 2. The zero-order chi connectivity index (χ0) is 20.8. The van der Waals surface area contributed by atoms with Gasteiger partial charge in [0, 0.05) is 22.6 Å². The van der Waals surface area contributed by atoms with Crippen LogP contribution in [0.2, 0.25) is 5.02 Å². The summed E-state index contributed by atoms with van der Waals surface area (Å²) in [6.07, 6.45) is 5.99. The van der Waals surface area contributed by atoms with E-state index in [1.165, 1.54) is 17.8 Å². The van der Waals surface area contributed by atoms with Gasteiger partial charge < -0.3 is 9.47 Å². The quantitative estimate of drug-likeness (QED) is 0.584. The molecule has 6 nitrogen and oxygen atoms in total. The van der Waals surface area contributed by atoms with Gasteiger partial charge in [-0.15, -0.1) is 11.3 Å². The van der Waals surface area contributed by atoms with Gasteiger partial charge in [-0.3, -0.25) is 9.69 Å². The molecule has 0 N–H and O–H groups in total. The van der Waals surface area contributed by atoms with Crippen molar-refractivity contribution >= 4 is 39.9 Å². The van der Waals surface area contributed by atoms with Crippen LogP contribution in [0.3, 0.4) is 0 Å². The number of amides is 1. The van der Waals surface area contributed by atoms with Gasteiger partial charge in [-0.2, -0.15) is 0 Å². The lowest BCUT2D eigenvalue weighted by Gasteiger charge is -2.33. The van der Waals surface area contributed by atoms with Crippen LogP contribution in [0.4, 0.5) is 5.13 Å². The Kier molecular flexibility index (Phi) is 7.50. The molecule has 0 spiro atoms. The number of aryl methyl sites for hydroxylation is 1. The topological polar surface area (TPSA) is 68.7 Å². The van der Waals surface area contributed by atoms with E-state index >= 15 is 0 Å². The Hall–Kier alpha value is -2.12. The summed E-state index contributed by atoms with van der Waals surface area (Å²) in [5.74, 6) is -0.321. The van der Waals surface area contributed by atoms with Gasteiger partial charge in [0.25, 0.3) is 5.91 Å². The third kappa shape index (κ3) is 5.70. The molecule has 0 saturated heterocycles. The van der Waals surface area contributed by atoms with E-state index in [9.17, 15) is 9.59 Å². The predicted octanol–water partition coefficient (Wildman–Crippen LogP) is 4.78. The number of hydrogen-bond acceptors (Lipinski definition) is 6. The van der Waals surface area contributed by atoms with Crippen molar-refractivity contribution in [2.45, 2.75) is 58.1 Å². The van der Waals surface area contributed by atoms with E-state index < -0.39 is 12.1 Å². The zero-order valence-corrected chi connectivity index (χ0v) is 18.2. The predicted molar refractivity (Wildman–Crippen MR) is 114 cm³/mol. The van der Waals surface area contributed by atoms with Gasteiger partial charge in [0.2, 0.25) is 0 Å². The molecule has 1 heterocycles. The summed E-state index contributed by atoms with van der Waals surface area (Å²) in [5, 5.41) is 3.12. The normalized spacial score (nSPS) is 15.6. The molecular formula is C21H25ClN2O4S. The van der Waals surface area contributed by atoms with E-state index in [1.807, 2.05) is 12.3 Å². The first-order valence-corrected chi connectivity index (χ1v) is 11.0. The minimum atomic E-state index is -0.913. The number of ether oxygens (including phenoxy) is 2. The van der Waals surface area contributed by atoms with Gasteiger partial charge in [-0.1, -0.05) is 30.9 Å². The van der Waals surface area contributed by atoms with Crippen molar-refractivity contribution in [3.05, 3.63) is 40.4 Å². The molecule has 0 aliphatic heterocycles. The Morgan fingerprint density at radius 2 is 2.07 bits per heavy atom. The number of nitrogens with zero attached hydrogens (tertiary/aromatic N) is 2. The lowest BCUT2D eigenvalue weighted by Crippen LogP contribution is -2.47. The lowest BCUT2D eigenvalue weighted by molar-refractivity contribution is -0.156. The SMILES string of the molecule is Cc1cc(OCC(=O)OC(C)C(=O)N(c2nccs2)C2CCCCC2)ccc1Cl. The van der Waals surface area contributed by atoms with Crippen LogP contribution in [0, 0.1) is 6.92 Å². The number of esters is 1. The molecule has 0 radical (unpaired) electrons. The van der Waals surface area contributed by atoms with Crippen LogP contribution in [0.25, 0.3) is 0 Å². The Labute approximate surface area is 179 Å². The van der Waals surface area contributed by atoms with Gasteiger partial charge >= 0.3 is 5.97 Å². The molecule has 1 saturated carbocycles. The van der Waals surface area contributed by atoms with E-state index in [-0.39, 0.29) is 18.6 Å². The summed E-state index contributed by atoms with van der Waals surface area (Å²) in [4.78, 5) is 31.3. The molecule has 8 heteroatoms. The van der Waals surface area contributed by atoms with Crippen molar-refractivity contribution < 1.29 is 19.1 Å². The number of anilines is 1. The molecule has 0 bridgehead atoms. The molecule has 1 aromatic carbocycles. The second-order valence-electron chi connectivity index (χ2n) is 7.15. The summed E-state index contributed by atoms with van der Waals surface area (Å²) in [6.45, 7) is 3.17. The fraction of sp³-hybridized carbons (Fsp3) is 0.476. The summed E-state index contributed by atoms with van der Waals surface area (Å²) < 4.78 is 10.8. The Morgan fingerprint density at radius 3 is 2.72 bits per heavy atom. The Morgan fingerprint density at radius 1 is 1.31 bits per heavy atom. The first-order valence-electron chi connectivity index (χ1n) is 9.76. The summed E-state index contributed by atoms with van der Waals surface area (Å²) in [6, 6.07) is 5.23. The van der Waals surface area contributed by atoms with Crippen molar-refractivity contribution in [2.75, 3.05) is 11.5 Å². The number of halogens is 1. The smallest absolute Gasteiger partial charge is 0.344 e. The maximum atomic E-state index is 13.1. The highest BCUT2D eigenvalue weighted by Gasteiger charge is 2.33. The van der Waals surface area contributed by atoms with Gasteiger partial charge in [0.15, 0.2) is 17.8 Å². The highest BCUT2D eigenvalue weighted by Crippen LogP contribution is 2.29. The number of rotatable bonds is 7. The molecule has 2 aromatic rings. The maximum Gasteiger partial charge on any atom is 0.344 e. The summed E-state index contributed by atoms with van der Waals surface area (Å²) >= 11 is 7.41. The van der Waals surface area contributed by atoms with Gasteiger partial charge in [0.1, 0.15) is 5.75 Å². The first kappa shape index (κ1) is 21.6. The van der Waals surface area contributed by atoms with Crippen LogP contribution in [0.5, 0.6) is 5.75 Å². The average molecular weight is 437 g/mol. The number of benzene rings is 1. The van der Waals surface area contributed by atoms with Gasteiger partial charge in [0.05, 0.1) is 0 Å². The number of aromatic nitrogens is 1. The van der Waals surface area contributed by atoms with Crippen molar-refractivity contribution in [1.29, 1.82) is 0 Å². The van der Waals surface area contributed by atoms with Crippen LogP contribution < -0.4 is 9.64 Å².